The third-order valence-electron chi connectivity index (χ3n) is 7.70. The van der Waals surface area contributed by atoms with Gasteiger partial charge < -0.3 is 24.0 Å². The van der Waals surface area contributed by atoms with Crippen LogP contribution in [0, 0.1) is 0 Å². The molecule has 0 aromatic heterocycles. The summed E-state index contributed by atoms with van der Waals surface area (Å²) in [7, 11) is -2.68. The predicted octanol–water partition coefficient (Wildman–Crippen LogP) is 4.64. The summed E-state index contributed by atoms with van der Waals surface area (Å²) < 4.78 is 26.6. The average molecular weight is 532 g/mol. The highest BCUT2D eigenvalue weighted by atomic mass is 28.4. The fourth-order valence-electron chi connectivity index (χ4n) is 6.02. The first-order valence-corrected chi connectivity index (χ1v) is 15.6. The molecule has 0 aliphatic carbocycles. The predicted molar refractivity (Wildman–Crippen MR) is 154 cm³/mol. The highest BCUT2D eigenvalue weighted by molar-refractivity contribution is 6.99. The van der Waals surface area contributed by atoms with E-state index >= 15 is 0 Å². The zero-order valence-electron chi connectivity index (χ0n) is 23.2. The van der Waals surface area contributed by atoms with Crippen LogP contribution in [-0.2, 0) is 25.2 Å². The van der Waals surface area contributed by atoms with Crippen LogP contribution in [0.2, 0.25) is 5.04 Å². The van der Waals surface area contributed by atoms with Crippen molar-refractivity contribution in [3.63, 3.8) is 0 Å². The second-order valence-electron chi connectivity index (χ2n) is 11.9. The number of hydrogen-bond donors (Lipinski definition) is 1. The van der Waals surface area contributed by atoms with E-state index in [9.17, 15) is 0 Å². The molecule has 0 amide bonds. The molecular formula is C32H41NO4Si. The summed E-state index contributed by atoms with van der Waals surface area (Å²) in [6.45, 7) is 12.6. The van der Waals surface area contributed by atoms with Gasteiger partial charge in [-0.1, -0.05) is 112 Å². The number of ether oxygens (including phenoxy) is 3. The second-order valence-corrected chi connectivity index (χ2v) is 16.2. The maximum absolute atomic E-state index is 7.29. The van der Waals surface area contributed by atoms with Crippen molar-refractivity contribution in [2.45, 2.75) is 76.4 Å². The first kappa shape index (κ1) is 27.3. The van der Waals surface area contributed by atoms with Crippen LogP contribution in [0.25, 0.3) is 0 Å². The van der Waals surface area contributed by atoms with Crippen LogP contribution in [-0.4, -0.2) is 51.6 Å². The van der Waals surface area contributed by atoms with Crippen LogP contribution in [0.3, 0.4) is 0 Å². The maximum Gasteiger partial charge on any atom is 0.261 e. The van der Waals surface area contributed by atoms with Gasteiger partial charge in [-0.3, -0.25) is 0 Å². The molecule has 2 saturated heterocycles. The molecule has 38 heavy (non-hydrogen) atoms. The third kappa shape index (κ3) is 5.52. The van der Waals surface area contributed by atoms with E-state index in [0.29, 0.717) is 19.8 Å². The molecule has 3 aromatic carbocycles. The summed E-state index contributed by atoms with van der Waals surface area (Å²) in [5, 5.41) is 6.16. The number of hydrogen-bond acceptors (Lipinski definition) is 5. The highest BCUT2D eigenvalue weighted by Crippen LogP contribution is 2.38. The molecule has 6 heteroatoms. The molecule has 0 unspecified atom stereocenters. The minimum absolute atomic E-state index is 0.0425. The van der Waals surface area contributed by atoms with Gasteiger partial charge in [0.25, 0.3) is 8.32 Å². The van der Waals surface area contributed by atoms with Crippen LogP contribution in [0.1, 0.15) is 40.2 Å². The largest absolute Gasteiger partial charge is 0.406 e. The van der Waals surface area contributed by atoms with E-state index in [2.05, 4.69) is 98.9 Å². The van der Waals surface area contributed by atoms with Gasteiger partial charge >= 0.3 is 0 Å². The van der Waals surface area contributed by atoms with E-state index in [1.54, 1.807) is 0 Å². The van der Waals surface area contributed by atoms with Crippen molar-refractivity contribution >= 4 is 18.7 Å². The van der Waals surface area contributed by atoms with Gasteiger partial charge in [-0.2, -0.15) is 0 Å². The van der Waals surface area contributed by atoms with E-state index in [1.165, 1.54) is 10.4 Å². The zero-order chi connectivity index (χ0) is 26.8. The lowest BCUT2D eigenvalue weighted by Gasteiger charge is -2.45. The van der Waals surface area contributed by atoms with E-state index in [1.807, 2.05) is 32.0 Å². The number of piperidine rings is 1. The van der Waals surface area contributed by atoms with Crippen molar-refractivity contribution in [2.24, 2.45) is 0 Å². The lowest BCUT2D eigenvalue weighted by molar-refractivity contribution is -0.161. The zero-order valence-corrected chi connectivity index (χ0v) is 24.2. The Kier molecular flexibility index (Phi) is 7.92. The molecule has 4 atom stereocenters. The van der Waals surface area contributed by atoms with Crippen molar-refractivity contribution in [2.75, 3.05) is 13.2 Å². The van der Waals surface area contributed by atoms with Crippen LogP contribution >= 0.6 is 0 Å². The van der Waals surface area contributed by atoms with Gasteiger partial charge in [0.15, 0.2) is 5.79 Å². The van der Waals surface area contributed by atoms with Crippen LogP contribution in [0.15, 0.2) is 91.0 Å². The SMILES string of the molecule is CC1(C)O[C@H]2[C@H](OCc3ccccc3)[C@@H](CO[Si](c3ccccc3)(c3ccccc3)C(C)(C)C)NC[C@@H]2O1. The summed E-state index contributed by atoms with van der Waals surface area (Å²) in [4.78, 5) is 0. The first-order chi connectivity index (χ1) is 18.2. The topological polar surface area (TPSA) is 49.0 Å². The maximum atomic E-state index is 7.29. The molecule has 2 heterocycles. The van der Waals surface area contributed by atoms with Crippen LogP contribution < -0.4 is 15.7 Å². The first-order valence-electron chi connectivity index (χ1n) is 13.7. The van der Waals surface area contributed by atoms with Gasteiger partial charge in [0, 0.05) is 6.54 Å². The van der Waals surface area contributed by atoms with Crippen molar-refractivity contribution in [1.82, 2.24) is 5.32 Å². The highest BCUT2D eigenvalue weighted by Gasteiger charge is 2.54. The van der Waals surface area contributed by atoms with Gasteiger partial charge in [0.1, 0.15) is 18.3 Å². The van der Waals surface area contributed by atoms with Gasteiger partial charge in [0.2, 0.25) is 0 Å². The molecule has 5 nitrogen and oxygen atoms in total. The number of benzene rings is 3. The van der Waals surface area contributed by atoms with E-state index in [-0.39, 0.29) is 29.4 Å². The fourth-order valence-corrected chi connectivity index (χ4v) is 10.6. The van der Waals surface area contributed by atoms with E-state index < -0.39 is 14.1 Å². The van der Waals surface area contributed by atoms with Crippen LogP contribution in [0.5, 0.6) is 0 Å². The van der Waals surface area contributed by atoms with Crippen molar-refractivity contribution in [3.8, 4) is 0 Å². The molecule has 2 aliphatic heterocycles. The standard InChI is InChI=1S/C32H41NO4Si/c1-31(2,3)38(25-17-11-7-12-18-25,26-19-13-8-14-20-26)35-23-27-29(34-22-24-15-9-6-10-16-24)30-28(21-33-27)36-32(4,5)37-30/h6-20,27-30,33H,21-23H2,1-5H3/t27-,28+,29-,30-/m1/s1. The van der Waals surface area contributed by atoms with Gasteiger partial charge in [-0.05, 0) is 34.8 Å². The molecule has 202 valence electrons. The third-order valence-corrected chi connectivity index (χ3v) is 12.7. The van der Waals surface area contributed by atoms with Crippen LogP contribution in [0.4, 0.5) is 0 Å². The molecule has 0 radical (unpaired) electrons. The second kappa shape index (κ2) is 11.0. The Morgan fingerprint density at radius 3 is 1.95 bits per heavy atom. The summed E-state index contributed by atoms with van der Waals surface area (Å²) >= 11 is 0. The summed E-state index contributed by atoms with van der Waals surface area (Å²) in [6, 6.07) is 31.8. The average Bonchev–Trinajstić information content (AvgIpc) is 3.23. The van der Waals surface area contributed by atoms with Crippen molar-refractivity contribution in [3.05, 3.63) is 96.6 Å². The van der Waals surface area contributed by atoms with Crippen molar-refractivity contribution in [1.29, 1.82) is 0 Å². The lowest BCUT2D eigenvalue weighted by Crippen LogP contribution is -2.69. The Labute approximate surface area is 228 Å². The van der Waals surface area contributed by atoms with E-state index in [0.717, 1.165) is 5.56 Å². The fraction of sp³-hybridized carbons (Fsp3) is 0.438. The number of nitrogens with one attached hydrogen (secondary N) is 1. The Bertz CT molecular complexity index is 1130. The smallest absolute Gasteiger partial charge is 0.261 e. The summed E-state index contributed by atoms with van der Waals surface area (Å²) in [6.07, 6.45) is -0.438. The Morgan fingerprint density at radius 2 is 1.39 bits per heavy atom. The van der Waals surface area contributed by atoms with Gasteiger partial charge in [0.05, 0.1) is 19.3 Å². The van der Waals surface area contributed by atoms with Crippen molar-refractivity contribution < 1.29 is 18.6 Å². The van der Waals surface area contributed by atoms with Gasteiger partial charge in [-0.15, -0.1) is 0 Å². The minimum Gasteiger partial charge on any atom is -0.406 e. The molecule has 0 bridgehead atoms. The minimum atomic E-state index is -2.68. The molecule has 1 N–H and O–H groups in total. The number of fused-ring (bicyclic) bond motifs is 1. The monoisotopic (exact) mass is 531 g/mol. The lowest BCUT2D eigenvalue weighted by atomic mass is 9.96. The molecule has 3 aromatic rings. The summed E-state index contributed by atoms with van der Waals surface area (Å²) in [5.41, 5.74) is 1.14. The molecule has 2 fully saturated rings. The Balaban J connectivity index is 1.46. The molecule has 5 rings (SSSR count). The molecule has 2 aliphatic rings. The molecule has 0 spiro atoms. The molecule has 0 saturated carbocycles. The van der Waals surface area contributed by atoms with E-state index in [4.69, 9.17) is 18.6 Å². The normalized spacial score (nSPS) is 25.2. The number of rotatable bonds is 8. The Hall–Kier alpha value is -2.32. The van der Waals surface area contributed by atoms with Gasteiger partial charge in [-0.25, -0.2) is 0 Å². The summed E-state index contributed by atoms with van der Waals surface area (Å²) in [5.74, 6) is -0.640. The Morgan fingerprint density at radius 1 is 0.842 bits per heavy atom. The quantitative estimate of drug-likeness (QED) is 0.429. The molecular weight excluding hydrogens is 490 g/mol.